The van der Waals surface area contributed by atoms with Crippen molar-refractivity contribution in [1.29, 1.82) is 0 Å². The summed E-state index contributed by atoms with van der Waals surface area (Å²) in [4.78, 5) is 0. The lowest BCUT2D eigenvalue weighted by molar-refractivity contribution is -0.225. The highest BCUT2D eigenvalue weighted by atomic mass is 32.2. The zero-order chi connectivity index (χ0) is 17.3. The van der Waals surface area contributed by atoms with Crippen molar-refractivity contribution < 1.29 is 31.6 Å². The summed E-state index contributed by atoms with van der Waals surface area (Å²) < 4.78 is 61.0. The van der Waals surface area contributed by atoms with Crippen LogP contribution >= 0.6 is 0 Å². The Bertz CT molecular complexity index is 510. The molecule has 4 unspecified atom stereocenters. The molecule has 2 N–H and O–H groups in total. The summed E-state index contributed by atoms with van der Waals surface area (Å²) in [5, 5.41) is 4.70. The van der Waals surface area contributed by atoms with Crippen LogP contribution in [0.3, 0.4) is 0 Å². The third-order valence-corrected chi connectivity index (χ3v) is 6.36. The van der Waals surface area contributed by atoms with Crippen LogP contribution in [-0.2, 0) is 14.9 Å². The number of halogens is 2. The van der Waals surface area contributed by atoms with Gasteiger partial charge < -0.3 is 9.84 Å². The summed E-state index contributed by atoms with van der Waals surface area (Å²) in [5.41, 5.74) is -0.116. The maximum Gasteiger partial charge on any atom is 0.392 e. The topological polar surface area (TPSA) is 83.8 Å². The molecule has 4 atom stereocenters. The fourth-order valence-corrected chi connectivity index (χ4v) is 4.90. The van der Waals surface area contributed by atoms with E-state index in [0.29, 0.717) is 17.8 Å². The molecule has 0 aromatic carbocycles. The van der Waals surface area contributed by atoms with E-state index >= 15 is 0 Å². The Labute approximate surface area is 136 Å². The Balaban J connectivity index is 1.87. The first kappa shape index (κ1) is 19.0. The SMILES string of the molecule is CCCC1CC2(COCC(F)(F)S(=O)(=O)O)CC(CCCO)C12. The van der Waals surface area contributed by atoms with Crippen LogP contribution in [0.5, 0.6) is 0 Å². The molecule has 0 amide bonds. The minimum Gasteiger partial charge on any atom is -0.396 e. The van der Waals surface area contributed by atoms with Gasteiger partial charge in [0.05, 0.1) is 6.61 Å². The van der Waals surface area contributed by atoms with Crippen LogP contribution in [0.15, 0.2) is 0 Å². The van der Waals surface area contributed by atoms with Crippen molar-refractivity contribution in [3.63, 3.8) is 0 Å². The van der Waals surface area contributed by atoms with Crippen LogP contribution in [0, 0.1) is 23.2 Å². The van der Waals surface area contributed by atoms with Crippen LogP contribution in [0.4, 0.5) is 8.78 Å². The van der Waals surface area contributed by atoms with Crippen molar-refractivity contribution in [1.82, 2.24) is 0 Å². The lowest BCUT2D eigenvalue weighted by Gasteiger charge is -2.68. The van der Waals surface area contributed by atoms with Crippen molar-refractivity contribution in [3.8, 4) is 0 Å². The van der Waals surface area contributed by atoms with Crippen LogP contribution in [-0.4, -0.2) is 43.2 Å². The molecule has 0 aromatic heterocycles. The van der Waals surface area contributed by atoms with Crippen LogP contribution in [0.2, 0.25) is 0 Å². The number of ether oxygens (including phenoxy) is 1. The fourth-order valence-electron chi connectivity index (χ4n) is 4.67. The number of hydrogen-bond donors (Lipinski definition) is 2. The minimum absolute atomic E-state index is 0.110. The molecule has 8 heteroatoms. The second kappa shape index (κ2) is 6.90. The molecule has 0 bridgehead atoms. The highest BCUT2D eigenvalue weighted by molar-refractivity contribution is 7.86. The predicted octanol–water partition coefficient (Wildman–Crippen LogP) is 2.70. The van der Waals surface area contributed by atoms with Gasteiger partial charge in [-0.1, -0.05) is 19.8 Å². The van der Waals surface area contributed by atoms with Crippen molar-refractivity contribution >= 4 is 10.1 Å². The third-order valence-electron chi connectivity index (χ3n) is 5.49. The quantitative estimate of drug-likeness (QED) is 0.588. The molecule has 5 nitrogen and oxygen atoms in total. The average Bonchev–Trinajstić information content (AvgIpc) is 2.41. The van der Waals surface area contributed by atoms with Crippen LogP contribution in [0.25, 0.3) is 0 Å². The van der Waals surface area contributed by atoms with E-state index in [4.69, 9.17) is 14.4 Å². The highest BCUT2D eigenvalue weighted by Gasteiger charge is 2.64. The van der Waals surface area contributed by atoms with E-state index in [0.717, 1.165) is 38.5 Å². The Morgan fingerprint density at radius 2 is 1.87 bits per heavy atom. The Morgan fingerprint density at radius 1 is 1.26 bits per heavy atom. The highest BCUT2D eigenvalue weighted by Crippen LogP contribution is 2.69. The van der Waals surface area contributed by atoms with Crippen molar-refractivity contribution in [2.45, 2.75) is 50.7 Å². The van der Waals surface area contributed by atoms with Gasteiger partial charge in [0.15, 0.2) is 0 Å². The summed E-state index contributed by atoms with van der Waals surface area (Å²) in [6.07, 6.45) is 5.67. The monoisotopic (exact) mass is 356 g/mol. The summed E-state index contributed by atoms with van der Waals surface area (Å²) in [6, 6.07) is 0. The van der Waals surface area contributed by atoms with Crippen molar-refractivity contribution in [2.24, 2.45) is 23.2 Å². The number of aliphatic hydroxyl groups is 1. The van der Waals surface area contributed by atoms with Gasteiger partial charge in [-0.2, -0.15) is 17.2 Å². The fraction of sp³-hybridized carbons (Fsp3) is 1.00. The van der Waals surface area contributed by atoms with Crippen LogP contribution in [0.1, 0.15) is 45.4 Å². The average molecular weight is 356 g/mol. The van der Waals surface area contributed by atoms with Gasteiger partial charge in [0.25, 0.3) is 0 Å². The lowest BCUT2D eigenvalue weighted by Crippen LogP contribution is -2.63. The largest absolute Gasteiger partial charge is 0.396 e. The third kappa shape index (κ3) is 3.70. The van der Waals surface area contributed by atoms with Crippen molar-refractivity contribution in [3.05, 3.63) is 0 Å². The maximum absolute atomic E-state index is 13.2. The summed E-state index contributed by atoms with van der Waals surface area (Å²) in [5.74, 6) is 1.50. The standard InChI is InChI=1S/C15H26F2O5S/c1-2-4-11-7-14(8-12(13(11)14)5-3-6-18)9-22-10-15(16,17)23(19,20)21/h11-13,18H,2-10H2,1H3,(H,19,20,21). The molecule has 0 aromatic rings. The molecule has 0 saturated heterocycles. The van der Waals surface area contributed by atoms with Crippen LogP contribution < -0.4 is 0 Å². The molecule has 2 fully saturated rings. The van der Waals surface area contributed by atoms with E-state index in [1.54, 1.807) is 0 Å². The number of alkyl halides is 2. The van der Waals surface area contributed by atoms with Gasteiger partial charge in [-0.15, -0.1) is 0 Å². The van der Waals surface area contributed by atoms with Gasteiger partial charge in [0, 0.05) is 6.61 Å². The Morgan fingerprint density at radius 3 is 2.39 bits per heavy atom. The molecular weight excluding hydrogens is 330 g/mol. The second-order valence-corrected chi connectivity index (χ2v) is 8.62. The second-order valence-electron chi connectivity index (χ2n) is 7.08. The zero-order valence-electron chi connectivity index (χ0n) is 13.4. The maximum atomic E-state index is 13.2. The van der Waals surface area contributed by atoms with E-state index in [1.807, 2.05) is 0 Å². The molecule has 2 rings (SSSR count). The molecule has 136 valence electrons. The van der Waals surface area contributed by atoms with Gasteiger partial charge >= 0.3 is 15.4 Å². The summed E-state index contributed by atoms with van der Waals surface area (Å²) in [7, 11) is -5.43. The van der Waals surface area contributed by atoms with Gasteiger partial charge in [-0.3, -0.25) is 4.55 Å². The number of hydrogen-bond acceptors (Lipinski definition) is 4. The molecular formula is C15H26F2O5S. The molecule has 0 spiro atoms. The van der Waals surface area contributed by atoms with E-state index in [2.05, 4.69) is 6.92 Å². The molecule has 2 aliphatic carbocycles. The smallest absolute Gasteiger partial charge is 0.392 e. The molecule has 0 heterocycles. The van der Waals surface area contributed by atoms with Gasteiger partial charge in [0.1, 0.15) is 6.61 Å². The van der Waals surface area contributed by atoms with E-state index in [1.165, 1.54) is 0 Å². The van der Waals surface area contributed by atoms with Gasteiger partial charge in [0.2, 0.25) is 0 Å². The first-order valence-electron chi connectivity index (χ1n) is 8.20. The first-order chi connectivity index (χ1) is 10.7. The molecule has 23 heavy (non-hydrogen) atoms. The Hall–Kier alpha value is -0.310. The summed E-state index contributed by atoms with van der Waals surface area (Å²) in [6.45, 7) is 1.08. The lowest BCUT2D eigenvalue weighted by atomic mass is 9.37. The van der Waals surface area contributed by atoms with Crippen molar-refractivity contribution in [2.75, 3.05) is 19.8 Å². The van der Waals surface area contributed by atoms with E-state index in [-0.39, 0.29) is 18.6 Å². The van der Waals surface area contributed by atoms with E-state index < -0.39 is 22.0 Å². The Kier molecular flexibility index (Phi) is 5.70. The van der Waals surface area contributed by atoms with Gasteiger partial charge in [-0.05, 0) is 48.9 Å². The minimum atomic E-state index is -5.43. The number of aliphatic hydroxyl groups excluding tert-OH is 1. The molecule has 2 saturated carbocycles. The van der Waals surface area contributed by atoms with E-state index in [9.17, 15) is 17.2 Å². The zero-order valence-corrected chi connectivity index (χ0v) is 14.2. The summed E-state index contributed by atoms with van der Waals surface area (Å²) >= 11 is 0. The number of fused-ring (bicyclic) bond motifs is 1. The molecule has 0 aliphatic heterocycles. The predicted molar refractivity (Wildman–Crippen MR) is 80.7 cm³/mol. The first-order valence-corrected chi connectivity index (χ1v) is 9.64. The number of rotatable bonds is 10. The van der Waals surface area contributed by atoms with Gasteiger partial charge in [-0.25, -0.2) is 0 Å². The molecule has 0 radical (unpaired) electrons. The normalized spacial score (nSPS) is 33.7. The molecule has 2 aliphatic rings.